The van der Waals surface area contributed by atoms with Gasteiger partial charge in [-0.25, -0.2) is 14.6 Å². The number of nitrogens with zero attached hydrogens (tertiary/aromatic N) is 5. The number of aliphatic hydroxyl groups excluding tert-OH is 2. The lowest BCUT2D eigenvalue weighted by molar-refractivity contribution is -0.186. The molecule has 0 bridgehead atoms. The van der Waals surface area contributed by atoms with E-state index in [4.69, 9.17) is 32.7 Å². The van der Waals surface area contributed by atoms with Crippen LogP contribution in [0.5, 0.6) is 0 Å². The fraction of sp³-hybridized carbons (Fsp3) is 0.450. The zero-order chi connectivity index (χ0) is 25.1. The minimum absolute atomic E-state index is 0.173. The van der Waals surface area contributed by atoms with Crippen molar-refractivity contribution >= 4 is 52.2 Å². The number of methoxy groups -OCH3 is 1. The largest absolute Gasteiger partial charge is 0.394 e. The van der Waals surface area contributed by atoms with Crippen molar-refractivity contribution in [3.63, 3.8) is 0 Å². The molecular weight excluding hydrogens is 539 g/mol. The maximum Gasteiger partial charge on any atom is 0.271 e. The van der Waals surface area contributed by atoms with Gasteiger partial charge >= 0.3 is 0 Å². The van der Waals surface area contributed by atoms with E-state index < -0.39 is 36.4 Å². The third-order valence-electron chi connectivity index (χ3n) is 5.22. The molecule has 0 aliphatic carbocycles. The summed E-state index contributed by atoms with van der Waals surface area (Å²) in [5.74, 6) is -0.366. The Labute approximate surface area is 218 Å². The Kier molecular flexibility index (Phi) is 8.60. The summed E-state index contributed by atoms with van der Waals surface area (Å²) in [6.07, 6.45) is 0.129. The van der Waals surface area contributed by atoms with Crippen molar-refractivity contribution in [3.8, 4) is 10.7 Å². The quantitative estimate of drug-likeness (QED) is 0.375. The van der Waals surface area contributed by atoms with Crippen LogP contribution in [0.25, 0.3) is 10.7 Å². The number of carbonyl (C=O) groups is 1. The summed E-state index contributed by atoms with van der Waals surface area (Å²) >= 11 is 14.5. The molecule has 4 rings (SSSR count). The van der Waals surface area contributed by atoms with Crippen LogP contribution < -0.4 is 5.32 Å². The Hall–Kier alpha value is -1.84. The average Bonchev–Trinajstić information content (AvgIpc) is 3.49. The summed E-state index contributed by atoms with van der Waals surface area (Å²) < 4.78 is 13.2. The molecule has 1 aliphatic rings. The molecule has 15 heteroatoms. The molecule has 1 fully saturated rings. The Bertz CT molecular complexity index is 1180. The maximum absolute atomic E-state index is 12.5. The molecular formula is C20H22Cl2N6O5S2. The van der Waals surface area contributed by atoms with Gasteiger partial charge in [0.2, 0.25) is 0 Å². The molecule has 0 radical (unpaired) electrons. The first-order valence-corrected chi connectivity index (χ1v) is 13.0. The van der Waals surface area contributed by atoms with E-state index in [9.17, 15) is 15.0 Å². The van der Waals surface area contributed by atoms with Crippen LogP contribution >= 0.6 is 46.3 Å². The summed E-state index contributed by atoms with van der Waals surface area (Å²) in [7, 11) is 1.47. The van der Waals surface area contributed by atoms with Crippen LogP contribution in [-0.2, 0) is 9.47 Å². The first kappa shape index (κ1) is 26.2. The number of halogens is 2. The van der Waals surface area contributed by atoms with E-state index in [2.05, 4.69) is 25.6 Å². The summed E-state index contributed by atoms with van der Waals surface area (Å²) in [6.45, 7) is 1.77. The molecule has 1 aliphatic heterocycles. The number of hydrogen-bond acceptors (Lipinski definition) is 11. The third-order valence-corrected chi connectivity index (χ3v) is 7.79. The highest BCUT2D eigenvalue weighted by Crippen LogP contribution is 2.41. The number of thioether (sulfide) groups is 1. The van der Waals surface area contributed by atoms with Crippen molar-refractivity contribution in [2.75, 3.05) is 20.3 Å². The molecule has 5 atom stereocenters. The van der Waals surface area contributed by atoms with Crippen molar-refractivity contribution < 1.29 is 24.5 Å². The molecule has 0 saturated carbocycles. The van der Waals surface area contributed by atoms with E-state index in [-0.39, 0.29) is 11.6 Å². The monoisotopic (exact) mass is 560 g/mol. The van der Waals surface area contributed by atoms with E-state index in [0.717, 1.165) is 11.8 Å². The van der Waals surface area contributed by atoms with E-state index in [0.29, 0.717) is 32.3 Å². The zero-order valence-corrected chi connectivity index (χ0v) is 21.7. The molecule has 3 aromatic heterocycles. The SMILES string of the molecule is CCNC(=O)c1ncc(Cl)cc1S[C@H]1O[C@H](CO)[C@H](O)[C@H](n2cc(-c3nc(Cl)cs3)nn2)[C@H]1OC. The van der Waals surface area contributed by atoms with Crippen LogP contribution in [0.15, 0.2) is 28.7 Å². The molecule has 1 amide bonds. The van der Waals surface area contributed by atoms with Crippen LogP contribution in [0.1, 0.15) is 23.5 Å². The lowest BCUT2D eigenvalue weighted by Crippen LogP contribution is -2.55. The van der Waals surface area contributed by atoms with Gasteiger partial charge in [-0.05, 0) is 13.0 Å². The summed E-state index contributed by atoms with van der Waals surface area (Å²) in [4.78, 5) is 21.4. The van der Waals surface area contributed by atoms with Crippen LogP contribution in [0, 0.1) is 0 Å². The topological polar surface area (TPSA) is 145 Å². The normalized spacial score (nSPS) is 24.5. The zero-order valence-electron chi connectivity index (χ0n) is 18.5. The van der Waals surface area contributed by atoms with Crippen molar-refractivity contribution in [1.29, 1.82) is 0 Å². The summed E-state index contributed by atoms with van der Waals surface area (Å²) in [5.41, 5.74) is -0.120. The second kappa shape index (κ2) is 11.5. The van der Waals surface area contributed by atoms with E-state index in [1.54, 1.807) is 24.6 Å². The number of aliphatic hydroxyl groups is 2. The molecule has 3 N–H and O–H groups in total. The van der Waals surface area contributed by atoms with Gasteiger partial charge in [-0.2, -0.15) is 0 Å². The second-order valence-electron chi connectivity index (χ2n) is 7.44. The number of ether oxygens (including phenoxy) is 2. The molecule has 0 spiro atoms. The number of aromatic nitrogens is 5. The molecule has 188 valence electrons. The fourth-order valence-electron chi connectivity index (χ4n) is 3.65. The lowest BCUT2D eigenvalue weighted by Gasteiger charge is -2.43. The molecule has 35 heavy (non-hydrogen) atoms. The number of pyridine rings is 1. The van der Waals surface area contributed by atoms with Gasteiger partial charge in [0.1, 0.15) is 51.3 Å². The fourth-order valence-corrected chi connectivity index (χ4v) is 6.08. The predicted octanol–water partition coefficient (Wildman–Crippen LogP) is 2.28. The number of nitrogens with one attached hydrogen (secondary N) is 1. The van der Waals surface area contributed by atoms with Crippen LogP contribution in [0.2, 0.25) is 10.2 Å². The van der Waals surface area contributed by atoms with Gasteiger partial charge in [-0.15, -0.1) is 16.4 Å². The molecule has 4 heterocycles. The highest BCUT2D eigenvalue weighted by Gasteiger charge is 2.48. The van der Waals surface area contributed by atoms with E-state index in [1.807, 2.05) is 0 Å². The van der Waals surface area contributed by atoms with E-state index in [1.165, 1.54) is 29.3 Å². The van der Waals surface area contributed by atoms with Gasteiger partial charge in [0.25, 0.3) is 5.91 Å². The minimum Gasteiger partial charge on any atom is -0.394 e. The minimum atomic E-state index is -1.17. The highest BCUT2D eigenvalue weighted by molar-refractivity contribution is 8.00. The van der Waals surface area contributed by atoms with Crippen LogP contribution in [0.4, 0.5) is 0 Å². The third kappa shape index (κ3) is 5.62. The van der Waals surface area contributed by atoms with Crippen molar-refractivity contribution in [2.45, 2.75) is 41.6 Å². The first-order valence-electron chi connectivity index (χ1n) is 10.5. The number of carbonyl (C=O) groups excluding carboxylic acids is 1. The van der Waals surface area contributed by atoms with Crippen molar-refractivity contribution in [3.05, 3.63) is 39.7 Å². The van der Waals surface area contributed by atoms with Crippen molar-refractivity contribution in [2.24, 2.45) is 0 Å². The number of hydrogen-bond donors (Lipinski definition) is 3. The van der Waals surface area contributed by atoms with Gasteiger partial charge in [0.05, 0.1) is 17.8 Å². The standard InChI is InChI=1S/C20H22Cl2N6O5S2/c1-3-23-18(31)14-12(4-9(21)5-24-14)35-20-17(32-2)15(16(30)11(7-29)33-20)28-6-10(26-27-28)19-25-13(22)8-34-19/h4-6,8,11,15-17,20,29-30H,3,7H2,1-2H3,(H,23,31)/t11-,15+,16+,17-,20-/m1/s1. The van der Waals surface area contributed by atoms with Gasteiger partial charge < -0.3 is 25.0 Å². The Morgan fingerprint density at radius 1 is 1.43 bits per heavy atom. The van der Waals surface area contributed by atoms with Gasteiger partial charge in [-0.3, -0.25) is 4.79 Å². The molecule has 3 aromatic rings. The lowest BCUT2D eigenvalue weighted by atomic mass is 9.97. The second-order valence-corrected chi connectivity index (χ2v) is 10.3. The van der Waals surface area contributed by atoms with Crippen LogP contribution in [0.3, 0.4) is 0 Å². The van der Waals surface area contributed by atoms with Gasteiger partial charge in [0.15, 0.2) is 0 Å². The smallest absolute Gasteiger partial charge is 0.271 e. The number of amides is 1. The number of rotatable bonds is 8. The summed E-state index contributed by atoms with van der Waals surface area (Å²) in [6, 6.07) is 0.827. The number of thiazole rings is 1. The Balaban J connectivity index is 1.67. The summed E-state index contributed by atoms with van der Waals surface area (Å²) in [5, 5.41) is 34.9. The molecule has 0 unspecified atom stereocenters. The van der Waals surface area contributed by atoms with Gasteiger partial charge in [-0.1, -0.05) is 40.2 Å². The van der Waals surface area contributed by atoms with E-state index >= 15 is 0 Å². The highest BCUT2D eigenvalue weighted by atomic mass is 35.5. The molecule has 11 nitrogen and oxygen atoms in total. The molecule has 0 aromatic carbocycles. The molecule has 1 saturated heterocycles. The Morgan fingerprint density at radius 3 is 2.89 bits per heavy atom. The predicted molar refractivity (Wildman–Crippen MR) is 131 cm³/mol. The van der Waals surface area contributed by atoms with Gasteiger partial charge in [0, 0.05) is 30.1 Å². The first-order chi connectivity index (χ1) is 16.9. The Morgan fingerprint density at radius 2 is 2.23 bits per heavy atom. The average molecular weight is 561 g/mol. The van der Waals surface area contributed by atoms with Crippen LogP contribution in [-0.4, -0.2) is 85.1 Å². The maximum atomic E-state index is 12.5. The van der Waals surface area contributed by atoms with Crippen molar-refractivity contribution in [1.82, 2.24) is 30.3 Å².